The van der Waals surface area contributed by atoms with Crippen molar-refractivity contribution in [2.45, 2.75) is 0 Å². The molecule has 3 rings (SSSR count). The molecular weight excluding hydrogens is 334 g/mol. The Kier molecular flexibility index (Phi) is 3.57. The fourth-order valence-electron chi connectivity index (χ4n) is 1.70. The van der Waals surface area contributed by atoms with Gasteiger partial charge in [0, 0.05) is 10.7 Å². The Balaban J connectivity index is 1.94. The highest BCUT2D eigenvalue weighted by Gasteiger charge is 2.07. The largest absolute Gasteiger partial charge is 0.338 e. The minimum atomic E-state index is 0.294. The number of halogens is 1. The van der Waals surface area contributed by atoms with E-state index in [1.807, 2.05) is 12.1 Å². The summed E-state index contributed by atoms with van der Waals surface area (Å²) in [6, 6.07) is 9.20. The lowest BCUT2D eigenvalue weighted by Gasteiger charge is -2.08. The van der Waals surface area contributed by atoms with E-state index in [2.05, 4.69) is 41.4 Å². The van der Waals surface area contributed by atoms with Crippen molar-refractivity contribution in [1.82, 2.24) is 25.0 Å². The molecule has 3 heterocycles. The minimum absolute atomic E-state index is 0.294. The van der Waals surface area contributed by atoms with E-state index in [0.717, 1.165) is 4.47 Å². The zero-order chi connectivity index (χ0) is 14.7. The Bertz CT molecular complexity index is 808. The third-order valence-electron chi connectivity index (χ3n) is 2.58. The Hall–Kier alpha value is -2.79. The zero-order valence-corrected chi connectivity index (χ0v) is 12.2. The highest BCUT2D eigenvalue weighted by molar-refractivity contribution is 9.10. The highest BCUT2D eigenvalue weighted by Crippen LogP contribution is 2.22. The lowest BCUT2D eigenvalue weighted by Crippen LogP contribution is -2.04. The van der Waals surface area contributed by atoms with Crippen LogP contribution in [0.1, 0.15) is 5.69 Å². The molecular formula is C13H8BrN7. The van der Waals surface area contributed by atoms with Gasteiger partial charge in [-0.2, -0.15) is 15.5 Å². The number of anilines is 2. The van der Waals surface area contributed by atoms with Crippen molar-refractivity contribution in [2.75, 3.05) is 5.32 Å². The van der Waals surface area contributed by atoms with E-state index < -0.39 is 0 Å². The molecule has 0 aliphatic carbocycles. The van der Waals surface area contributed by atoms with Crippen LogP contribution in [-0.2, 0) is 0 Å². The van der Waals surface area contributed by atoms with Gasteiger partial charge in [0.2, 0.25) is 0 Å². The first-order chi connectivity index (χ1) is 10.3. The fraction of sp³-hybridized carbons (Fsp3) is 0. The average molecular weight is 342 g/mol. The van der Waals surface area contributed by atoms with Crippen molar-refractivity contribution in [3.63, 3.8) is 0 Å². The molecule has 3 aromatic rings. The van der Waals surface area contributed by atoms with Crippen molar-refractivity contribution in [1.29, 1.82) is 5.26 Å². The highest BCUT2D eigenvalue weighted by atomic mass is 79.9. The molecule has 0 aromatic carbocycles. The van der Waals surface area contributed by atoms with E-state index in [9.17, 15) is 0 Å². The van der Waals surface area contributed by atoms with Crippen LogP contribution in [-0.4, -0.2) is 25.0 Å². The zero-order valence-electron chi connectivity index (χ0n) is 10.6. The molecule has 0 saturated heterocycles. The second kappa shape index (κ2) is 5.68. The summed E-state index contributed by atoms with van der Waals surface area (Å²) in [6.07, 6.45) is 4.73. The predicted molar refractivity (Wildman–Crippen MR) is 79.1 cm³/mol. The number of rotatable bonds is 3. The van der Waals surface area contributed by atoms with Crippen LogP contribution in [0.3, 0.4) is 0 Å². The second-order valence-electron chi connectivity index (χ2n) is 3.99. The molecule has 0 amide bonds. The van der Waals surface area contributed by atoms with Gasteiger partial charge in [0.15, 0.2) is 11.5 Å². The summed E-state index contributed by atoms with van der Waals surface area (Å²) in [5.74, 6) is 1.15. The number of nitrogens with one attached hydrogen (secondary N) is 1. The lowest BCUT2D eigenvalue weighted by atomic mass is 10.3. The number of nitrogens with zero attached hydrogens (tertiary/aromatic N) is 6. The SMILES string of the molecule is N#Cc1ncc(Br)cc1Nc1cccc(-n2nccn2)n1. The van der Waals surface area contributed by atoms with Crippen LogP contribution in [0.5, 0.6) is 0 Å². The second-order valence-corrected chi connectivity index (χ2v) is 4.90. The molecule has 0 aliphatic heterocycles. The number of hydrogen-bond donors (Lipinski definition) is 1. The van der Waals surface area contributed by atoms with Gasteiger partial charge in [0.25, 0.3) is 0 Å². The molecule has 7 nitrogen and oxygen atoms in total. The summed E-state index contributed by atoms with van der Waals surface area (Å²) in [5, 5.41) is 20.2. The summed E-state index contributed by atoms with van der Waals surface area (Å²) in [4.78, 5) is 9.84. The summed E-state index contributed by atoms with van der Waals surface area (Å²) in [7, 11) is 0. The van der Waals surface area contributed by atoms with Gasteiger partial charge in [0.1, 0.15) is 11.9 Å². The lowest BCUT2D eigenvalue weighted by molar-refractivity contribution is 0.730. The van der Waals surface area contributed by atoms with Crippen molar-refractivity contribution in [2.24, 2.45) is 0 Å². The molecule has 0 bridgehead atoms. The Labute approximate surface area is 128 Å². The number of aromatic nitrogens is 5. The van der Waals surface area contributed by atoms with Crippen molar-refractivity contribution in [3.8, 4) is 11.9 Å². The van der Waals surface area contributed by atoms with E-state index in [4.69, 9.17) is 5.26 Å². The molecule has 8 heteroatoms. The molecule has 21 heavy (non-hydrogen) atoms. The molecule has 102 valence electrons. The van der Waals surface area contributed by atoms with Gasteiger partial charge in [-0.1, -0.05) is 6.07 Å². The Morgan fingerprint density at radius 3 is 2.81 bits per heavy atom. The van der Waals surface area contributed by atoms with Gasteiger partial charge in [-0.15, -0.1) is 4.80 Å². The van der Waals surface area contributed by atoms with Crippen LogP contribution in [0.15, 0.2) is 47.3 Å². The fourth-order valence-corrected chi connectivity index (χ4v) is 2.03. The third-order valence-corrected chi connectivity index (χ3v) is 3.01. The molecule has 0 unspecified atom stereocenters. The van der Waals surface area contributed by atoms with Crippen LogP contribution in [0.2, 0.25) is 0 Å². The van der Waals surface area contributed by atoms with Gasteiger partial charge < -0.3 is 5.32 Å². The normalized spacial score (nSPS) is 10.1. The maximum absolute atomic E-state index is 9.08. The maximum atomic E-state index is 9.08. The van der Waals surface area contributed by atoms with Crippen LogP contribution < -0.4 is 5.32 Å². The number of nitriles is 1. The van der Waals surface area contributed by atoms with E-state index in [1.54, 1.807) is 36.8 Å². The van der Waals surface area contributed by atoms with Crippen molar-refractivity contribution < 1.29 is 0 Å². The monoisotopic (exact) mass is 341 g/mol. The van der Waals surface area contributed by atoms with Crippen molar-refractivity contribution in [3.05, 3.63) is 53.0 Å². The molecule has 0 aliphatic rings. The number of pyridine rings is 2. The molecule has 3 aromatic heterocycles. The molecule has 0 saturated carbocycles. The molecule has 0 spiro atoms. The van der Waals surface area contributed by atoms with Crippen LogP contribution in [0.4, 0.5) is 11.5 Å². The topological polar surface area (TPSA) is 92.3 Å². The Morgan fingerprint density at radius 2 is 2.05 bits per heavy atom. The van der Waals surface area contributed by atoms with Gasteiger partial charge in [-0.25, -0.2) is 9.97 Å². The summed E-state index contributed by atoms with van der Waals surface area (Å²) < 4.78 is 0.772. The minimum Gasteiger partial charge on any atom is -0.338 e. The summed E-state index contributed by atoms with van der Waals surface area (Å²) in [5.41, 5.74) is 0.868. The number of hydrogen-bond acceptors (Lipinski definition) is 6. The van der Waals surface area contributed by atoms with Gasteiger partial charge >= 0.3 is 0 Å². The van der Waals surface area contributed by atoms with Gasteiger partial charge in [0.05, 0.1) is 18.1 Å². The summed E-state index contributed by atoms with van der Waals surface area (Å²) >= 11 is 3.33. The van der Waals surface area contributed by atoms with E-state index >= 15 is 0 Å². The molecule has 1 N–H and O–H groups in total. The van der Waals surface area contributed by atoms with Crippen LogP contribution in [0, 0.1) is 11.3 Å². The predicted octanol–water partition coefficient (Wildman–Crippen LogP) is 2.44. The van der Waals surface area contributed by atoms with Crippen LogP contribution >= 0.6 is 15.9 Å². The van der Waals surface area contributed by atoms with Crippen molar-refractivity contribution >= 4 is 27.4 Å². The standard InChI is InChI=1S/C13H8BrN7/c14-9-6-10(11(7-15)16-8-9)19-12-2-1-3-13(20-12)21-17-4-5-18-21/h1-6,8H,(H,19,20). The molecule has 0 atom stereocenters. The maximum Gasteiger partial charge on any atom is 0.176 e. The third kappa shape index (κ3) is 2.88. The summed E-state index contributed by atoms with van der Waals surface area (Å²) in [6.45, 7) is 0. The van der Waals surface area contributed by atoms with Gasteiger partial charge in [-0.05, 0) is 34.1 Å². The molecule has 0 radical (unpaired) electrons. The first-order valence-corrected chi connectivity index (χ1v) is 6.72. The first-order valence-electron chi connectivity index (χ1n) is 5.92. The Morgan fingerprint density at radius 1 is 1.24 bits per heavy atom. The van der Waals surface area contributed by atoms with Gasteiger partial charge in [-0.3, -0.25) is 0 Å². The van der Waals surface area contributed by atoms with E-state index in [0.29, 0.717) is 23.0 Å². The smallest absolute Gasteiger partial charge is 0.176 e. The quantitative estimate of drug-likeness (QED) is 0.786. The molecule has 0 fully saturated rings. The van der Waals surface area contributed by atoms with E-state index in [1.165, 1.54) is 4.80 Å². The van der Waals surface area contributed by atoms with Crippen LogP contribution in [0.25, 0.3) is 5.82 Å². The average Bonchev–Trinajstić information content (AvgIpc) is 3.02. The first kappa shape index (κ1) is 13.2. The van der Waals surface area contributed by atoms with E-state index in [-0.39, 0.29) is 0 Å².